The van der Waals surface area contributed by atoms with E-state index in [9.17, 15) is 9.18 Å². The van der Waals surface area contributed by atoms with Crippen molar-refractivity contribution in [2.45, 2.75) is 32.6 Å². The standard InChI is InChI=1S/C14H15FN2O3/c1-9-8-10(15)6-7-11(9)14-17-16-12(20-14)4-2-3-5-13(18)19/h6-8H,2-5H2,1H3,(H,18,19). The molecule has 0 aliphatic carbocycles. The number of nitrogens with zero attached hydrogens (tertiary/aromatic N) is 2. The van der Waals surface area contributed by atoms with Gasteiger partial charge in [-0.15, -0.1) is 10.2 Å². The molecule has 0 spiro atoms. The van der Waals surface area contributed by atoms with Gasteiger partial charge in [0.1, 0.15) is 5.82 Å². The molecule has 0 atom stereocenters. The number of aromatic nitrogens is 2. The first-order valence-electron chi connectivity index (χ1n) is 6.37. The summed E-state index contributed by atoms with van der Waals surface area (Å²) in [5.41, 5.74) is 1.43. The van der Waals surface area contributed by atoms with Gasteiger partial charge in [0.25, 0.3) is 0 Å². The van der Waals surface area contributed by atoms with Crippen LogP contribution in [0.15, 0.2) is 22.6 Å². The van der Waals surface area contributed by atoms with Crippen molar-refractivity contribution in [2.75, 3.05) is 0 Å². The summed E-state index contributed by atoms with van der Waals surface area (Å²) in [7, 11) is 0. The largest absolute Gasteiger partial charge is 0.481 e. The van der Waals surface area contributed by atoms with E-state index in [0.29, 0.717) is 36.6 Å². The van der Waals surface area contributed by atoms with Gasteiger partial charge in [-0.1, -0.05) is 0 Å². The Morgan fingerprint density at radius 1 is 1.35 bits per heavy atom. The number of carboxylic acid groups (broad SMARTS) is 1. The lowest BCUT2D eigenvalue weighted by Gasteiger charge is -2.00. The fourth-order valence-corrected chi connectivity index (χ4v) is 1.88. The number of hydrogen-bond acceptors (Lipinski definition) is 4. The number of hydrogen-bond donors (Lipinski definition) is 1. The fourth-order valence-electron chi connectivity index (χ4n) is 1.88. The van der Waals surface area contributed by atoms with Crippen molar-refractivity contribution < 1.29 is 18.7 Å². The molecule has 5 nitrogen and oxygen atoms in total. The quantitative estimate of drug-likeness (QED) is 0.822. The number of benzene rings is 1. The van der Waals surface area contributed by atoms with E-state index in [4.69, 9.17) is 9.52 Å². The average Bonchev–Trinajstić information content (AvgIpc) is 2.83. The van der Waals surface area contributed by atoms with Crippen LogP contribution in [0, 0.1) is 12.7 Å². The molecule has 106 valence electrons. The van der Waals surface area contributed by atoms with Gasteiger partial charge < -0.3 is 9.52 Å². The summed E-state index contributed by atoms with van der Waals surface area (Å²) in [5.74, 6) is -0.289. The van der Waals surface area contributed by atoms with Gasteiger partial charge in [0, 0.05) is 18.4 Å². The van der Waals surface area contributed by atoms with Crippen LogP contribution in [0.4, 0.5) is 4.39 Å². The van der Waals surface area contributed by atoms with Gasteiger partial charge >= 0.3 is 5.97 Å². The second kappa shape index (κ2) is 6.27. The molecule has 0 saturated heterocycles. The van der Waals surface area contributed by atoms with E-state index < -0.39 is 5.97 Å². The molecule has 0 aliphatic rings. The van der Waals surface area contributed by atoms with Crippen LogP contribution in [-0.4, -0.2) is 21.3 Å². The van der Waals surface area contributed by atoms with E-state index in [0.717, 1.165) is 5.56 Å². The summed E-state index contributed by atoms with van der Waals surface area (Å²) < 4.78 is 18.5. The smallest absolute Gasteiger partial charge is 0.303 e. The van der Waals surface area contributed by atoms with Crippen molar-refractivity contribution in [3.05, 3.63) is 35.5 Å². The molecule has 2 rings (SSSR count). The zero-order valence-corrected chi connectivity index (χ0v) is 11.1. The maximum atomic E-state index is 13.0. The Labute approximate surface area is 115 Å². The molecule has 0 amide bonds. The van der Waals surface area contributed by atoms with Gasteiger partial charge in [0.2, 0.25) is 11.8 Å². The second-order valence-electron chi connectivity index (χ2n) is 4.56. The summed E-state index contributed by atoms with van der Waals surface area (Å²) >= 11 is 0. The highest BCUT2D eigenvalue weighted by molar-refractivity contribution is 5.66. The molecule has 1 N–H and O–H groups in total. The lowest BCUT2D eigenvalue weighted by molar-refractivity contribution is -0.137. The molecular weight excluding hydrogens is 263 g/mol. The van der Waals surface area contributed by atoms with Crippen LogP contribution < -0.4 is 0 Å². The first-order valence-corrected chi connectivity index (χ1v) is 6.37. The van der Waals surface area contributed by atoms with E-state index >= 15 is 0 Å². The normalized spacial score (nSPS) is 10.7. The minimum atomic E-state index is -0.807. The summed E-state index contributed by atoms with van der Waals surface area (Å²) in [5, 5.41) is 16.4. The predicted molar refractivity (Wildman–Crippen MR) is 69.6 cm³/mol. The molecule has 0 unspecified atom stereocenters. The van der Waals surface area contributed by atoms with Gasteiger partial charge in [-0.05, 0) is 43.5 Å². The lowest BCUT2D eigenvalue weighted by Crippen LogP contribution is -1.95. The highest BCUT2D eigenvalue weighted by Crippen LogP contribution is 2.23. The molecule has 1 heterocycles. The minimum absolute atomic E-state index is 0.137. The van der Waals surface area contributed by atoms with E-state index in [1.54, 1.807) is 13.0 Å². The first kappa shape index (κ1) is 14.2. The lowest BCUT2D eigenvalue weighted by atomic mass is 10.1. The van der Waals surface area contributed by atoms with E-state index in [-0.39, 0.29) is 12.2 Å². The number of carboxylic acids is 1. The fraction of sp³-hybridized carbons (Fsp3) is 0.357. The van der Waals surface area contributed by atoms with E-state index in [1.807, 2.05) is 0 Å². The molecule has 1 aromatic heterocycles. The Kier molecular flexibility index (Phi) is 4.45. The van der Waals surface area contributed by atoms with Crippen LogP contribution in [0.25, 0.3) is 11.5 Å². The molecule has 2 aromatic rings. The third-order valence-corrected chi connectivity index (χ3v) is 2.92. The number of aliphatic carboxylic acids is 1. The van der Waals surface area contributed by atoms with Crippen molar-refractivity contribution >= 4 is 5.97 Å². The maximum absolute atomic E-state index is 13.0. The minimum Gasteiger partial charge on any atom is -0.481 e. The van der Waals surface area contributed by atoms with Crippen LogP contribution in [0.5, 0.6) is 0 Å². The zero-order valence-electron chi connectivity index (χ0n) is 11.1. The molecule has 1 aromatic carbocycles. The zero-order chi connectivity index (χ0) is 14.5. The van der Waals surface area contributed by atoms with Crippen LogP contribution in [0.2, 0.25) is 0 Å². The Balaban J connectivity index is 1.99. The van der Waals surface area contributed by atoms with Crippen molar-refractivity contribution in [2.24, 2.45) is 0 Å². The highest BCUT2D eigenvalue weighted by Gasteiger charge is 2.11. The third-order valence-electron chi connectivity index (χ3n) is 2.92. The van der Waals surface area contributed by atoms with Crippen LogP contribution in [-0.2, 0) is 11.2 Å². The first-order chi connectivity index (χ1) is 9.56. The number of aryl methyl sites for hydroxylation is 2. The van der Waals surface area contributed by atoms with Crippen LogP contribution in [0.3, 0.4) is 0 Å². The Morgan fingerprint density at radius 3 is 2.85 bits per heavy atom. The SMILES string of the molecule is Cc1cc(F)ccc1-c1nnc(CCCCC(=O)O)o1. The maximum Gasteiger partial charge on any atom is 0.303 e. The van der Waals surface area contributed by atoms with Gasteiger partial charge in [0.05, 0.1) is 0 Å². The molecule has 20 heavy (non-hydrogen) atoms. The van der Waals surface area contributed by atoms with Crippen molar-refractivity contribution in [3.63, 3.8) is 0 Å². The van der Waals surface area contributed by atoms with Crippen molar-refractivity contribution in [1.82, 2.24) is 10.2 Å². The third kappa shape index (κ3) is 3.63. The van der Waals surface area contributed by atoms with Gasteiger partial charge in [-0.2, -0.15) is 0 Å². The molecular formula is C14H15FN2O3. The Hall–Kier alpha value is -2.24. The number of unbranched alkanes of at least 4 members (excludes halogenated alkanes) is 1. The van der Waals surface area contributed by atoms with Crippen LogP contribution >= 0.6 is 0 Å². The topological polar surface area (TPSA) is 76.2 Å². The average molecular weight is 278 g/mol. The van der Waals surface area contributed by atoms with Gasteiger partial charge in [-0.3, -0.25) is 4.79 Å². The number of halogens is 1. The molecule has 0 fully saturated rings. The monoisotopic (exact) mass is 278 g/mol. The molecule has 0 radical (unpaired) electrons. The van der Waals surface area contributed by atoms with Gasteiger partial charge in [0.15, 0.2) is 0 Å². The predicted octanol–water partition coefficient (Wildman–Crippen LogP) is 2.98. The van der Waals surface area contributed by atoms with Crippen molar-refractivity contribution in [3.8, 4) is 11.5 Å². The second-order valence-corrected chi connectivity index (χ2v) is 4.56. The highest BCUT2D eigenvalue weighted by atomic mass is 19.1. The Morgan fingerprint density at radius 2 is 2.15 bits per heavy atom. The summed E-state index contributed by atoms with van der Waals surface area (Å²) in [6.45, 7) is 1.77. The summed E-state index contributed by atoms with van der Waals surface area (Å²) in [6, 6.07) is 4.36. The van der Waals surface area contributed by atoms with Crippen molar-refractivity contribution in [1.29, 1.82) is 0 Å². The summed E-state index contributed by atoms with van der Waals surface area (Å²) in [6.07, 6.45) is 1.93. The molecule has 6 heteroatoms. The molecule has 0 aliphatic heterocycles. The summed E-state index contributed by atoms with van der Waals surface area (Å²) in [4.78, 5) is 10.4. The number of rotatable bonds is 6. The number of carbonyl (C=O) groups is 1. The van der Waals surface area contributed by atoms with E-state index in [2.05, 4.69) is 10.2 Å². The molecule has 0 bridgehead atoms. The van der Waals surface area contributed by atoms with E-state index in [1.165, 1.54) is 12.1 Å². The van der Waals surface area contributed by atoms with Crippen LogP contribution in [0.1, 0.15) is 30.7 Å². The van der Waals surface area contributed by atoms with Gasteiger partial charge in [-0.25, -0.2) is 4.39 Å². The molecule has 0 saturated carbocycles. The Bertz CT molecular complexity index is 610.